The first-order valence-electron chi connectivity index (χ1n) is 16.5. The lowest BCUT2D eigenvalue weighted by atomic mass is 9.93. The first kappa shape index (κ1) is 27.5. The maximum Gasteiger partial charge on any atom is 0.137 e. The van der Waals surface area contributed by atoms with E-state index in [-0.39, 0.29) is 0 Å². The van der Waals surface area contributed by atoms with Crippen LogP contribution in [0.3, 0.4) is 0 Å². The molecule has 10 rings (SSSR count). The van der Waals surface area contributed by atoms with Gasteiger partial charge in [-0.25, -0.2) is 15.0 Å². The predicted octanol–water partition coefficient (Wildman–Crippen LogP) is 11.4. The number of nitrogens with zero attached hydrogens (tertiary/aromatic N) is 4. The van der Waals surface area contributed by atoms with Crippen LogP contribution in [-0.2, 0) is 0 Å². The summed E-state index contributed by atoms with van der Waals surface area (Å²) in [7, 11) is 0. The molecule has 0 fully saturated rings. The molecule has 0 aliphatic rings. The summed E-state index contributed by atoms with van der Waals surface area (Å²) < 4.78 is 2.14. The summed E-state index contributed by atoms with van der Waals surface area (Å²) in [6.07, 6.45) is 2.06. The van der Waals surface area contributed by atoms with Crippen molar-refractivity contribution in [2.24, 2.45) is 0 Å². The lowest BCUT2D eigenvalue weighted by Crippen LogP contribution is -1.93. The Labute approximate surface area is 282 Å². The second-order valence-corrected chi connectivity index (χ2v) is 12.5. The molecule has 0 aliphatic heterocycles. The van der Waals surface area contributed by atoms with Crippen LogP contribution in [0.2, 0.25) is 0 Å². The summed E-state index contributed by atoms with van der Waals surface area (Å²) in [6, 6.07) is 57.6. The molecule has 49 heavy (non-hydrogen) atoms. The summed E-state index contributed by atoms with van der Waals surface area (Å²) in [5, 5.41) is 7.13. The van der Waals surface area contributed by atoms with Gasteiger partial charge < -0.3 is 0 Å². The molecule has 4 aromatic heterocycles. The average molecular weight is 625 g/mol. The van der Waals surface area contributed by atoms with E-state index < -0.39 is 0 Å². The molecule has 0 amide bonds. The molecule has 0 bridgehead atoms. The first-order valence-corrected chi connectivity index (χ1v) is 16.5. The van der Waals surface area contributed by atoms with Gasteiger partial charge in [0.15, 0.2) is 0 Å². The molecule has 0 spiro atoms. The van der Waals surface area contributed by atoms with Gasteiger partial charge in [-0.05, 0) is 58.3 Å². The van der Waals surface area contributed by atoms with Crippen LogP contribution in [0.1, 0.15) is 0 Å². The Morgan fingerprint density at radius 1 is 0.388 bits per heavy atom. The fraction of sp³-hybridized carbons (Fsp3) is 0. The van der Waals surface area contributed by atoms with Gasteiger partial charge in [0.05, 0.1) is 33.8 Å². The molecule has 0 saturated carbocycles. The molecule has 0 N–H and O–H groups in total. The Morgan fingerprint density at radius 3 is 1.98 bits per heavy atom. The molecule has 0 atom stereocenters. The Balaban J connectivity index is 1.08. The number of benzene rings is 6. The number of hydrogen-bond donors (Lipinski definition) is 0. The molecule has 6 aromatic carbocycles. The smallest absolute Gasteiger partial charge is 0.137 e. The van der Waals surface area contributed by atoms with Crippen molar-refractivity contribution < 1.29 is 0 Å². The van der Waals surface area contributed by atoms with Crippen molar-refractivity contribution in [2.75, 3.05) is 0 Å². The second-order valence-electron chi connectivity index (χ2n) is 12.5. The summed E-state index contributed by atoms with van der Waals surface area (Å²) in [5.41, 5.74) is 11.2. The predicted molar refractivity (Wildman–Crippen MR) is 203 cm³/mol. The zero-order valence-electron chi connectivity index (χ0n) is 26.5. The second kappa shape index (κ2) is 11.0. The molecule has 0 radical (unpaired) electrons. The summed E-state index contributed by atoms with van der Waals surface area (Å²) >= 11 is 0. The van der Waals surface area contributed by atoms with Gasteiger partial charge in [-0.1, -0.05) is 127 Å². The van der Waals surface area contributed by atoms with Crippen molar-refractivity contribution in [3.63, 3.8) is 0 Å². The Bertz CT molecular complexity index is 2870. The minimum Gasteiger partial charge on any atom is -0.298 e. The summed E-state index contributed by atoms with van der Waals surface area (Å²) in [6.45, 7) is 0. The molecule has 0 saturated heterocycles. The van der Waals surface area contributed by atoms with Gasteiger partial charge in [-0.2, -0.15) is 0 Å². The zero-order chi connectivity index (χ0) is 32.3. The lowest BCUT2D eigenvalue weighted by Gasteiger charge is -2.13. The third-order valence-corrected chi connectivity index (χ3v) is 9.59. The van der Waals surface area contributed by atoms with Crippen LogP contribution in [0.5, 0.6) is 0 Å². The number of fused-ring (bicyclic) bond motifs is 7. The number of imidazole rings is 1. The SMILES string of the molecule is c1ccc(-c2nc3ccccc3c3c2ccc2cc(-c4ccc(-c5nc6ccccn6c5-c5ccc6ccccc6n5)cc4)ccc23)cc1. The number of pyridine rings is 3. The largest absolute Gasteiger partial charge is 0.298 e. The van der Waals surface area contributed by atoms with E-state index >= 15 is 0 Å². The molecular weight excluding hydrogens is 597 g/mol. The van der Waals surface area contributed by atoms with Crippen molar-refractivity contribution in [1.82, 2.24) is 19.4 Å². The highest BCUT2D eigenvalue weighted by molar-refractivity contribution is 6.22. The van der Waals surface area contributed by atoms with Crippen molar-refractivity contribution >= 4 is 49.0 Å². The number of rotatable bonds is 4. The normalized spacial score (nSPS) is 11.7. The maximum atomic E-state index is 5.12. The molecule has 4 heteroatoms. The molecule has 228 valence electrons. The van der Waals surface area contributed by atoms with E-state index in [4.69, 9.17) is 15.0 Å². The van der Waals surface area contributed by atoms with E-state index in [1.54, 1.807) is 0 Å². The van der Waals surface area contributed by atoms with E-state index in [9.17, 15) is 0 Å². The van der Waals surface area contributed by atoms with Crippen LogP contribution in [0.15, 0.2) is 170 Å². The number of para-hydroxylation sites is 2. The van der Waals surface area contributed by atoms with Gasteiger partial charge in [0, 0.05) is 38.9 Å². The van der Waals surface area contributed by atoms with Gasteiger partial charge in [0.1, 0.15) is 5.65 Å². The van der Waals surface area contributed by atoms with Gasteiger partial charge in [-0.3, -0.25) is 4.40 Å². The quantitative estimate of drug-likeness (QED) is 0.183. The Kier molecular flexibility index (Phi) is 6.15. The van der Waals surface area contributed by atoms with Gasteiger partial charge in [0.2, 0.25) is 0 Å². The molecule has 0 aliphatic carbocycles. The van der Waals surface area contributed by atoms with Crippen LogP contribution in [0, 0.1) is 0 Å². The standard InChI is InChI=1S/C45H28N4/c1-2-11-31(12-3-1)43-37-25-22-34-28-33(21-24-35(34)42(37)36-13-5-7-15-39(36)47-43)29-17-19-32(20-18-29)44-45(49-27-9-8-16-41(49)48-44)40-26-23-30-10-4-6-14-38(30)46-40/h1-28H. The number of hydrogen-bond acceptors (Lipinski definition) is 3. The number of aromatic nitrogens is 4. The van der Waals surface area contributed by atoms with Crippen LogP contribution >= 0.6 is 0 Å². The van der Waals surface area contributed by atoms with Crippen LogP contribution in [0.25, 0.3) is 94.0 Å². The van der Waals surface area contributed by atoms with E-state index in [2.05, 4.69) is 144 Å². The molecule has 0 unspecified atom stereocenters. The van der Waals surface area contributed by atoms with Crippen molar-refractivity contribution in [1.29, 1.82) is 0 Å². The fourth-order valence-corrected chi connectivity index (χ4v) is 7.24. The summed E-state index contributed by atoms with van der Waals surface area (Å²) in [4.78, 5) is 15.3. The molecule has 10 aromatic rings. The summed E-state index contributed by atoms with van der Waals surface area (Å²) in [5.74, 6) is 0. The monoisotopic (exact) mass is 624 g/mol. The minimum atomic E-state index is 0.895. The van der Waals surface area contributed by atoms with Crippen LogP contribution < -0.4 is 0 Å². The average Bonchev–Trinajstić information content (AvgIpc) is 3.57. The van der Waals surface area contributed by atoms with Crippen molar-refractivity contribution in [2.45, 2.75) is 0 Å². The van der Waals surface area contributed by atoms with Crippen LogP contribution in [0.4, 0.5) is 0 Å². The van der Waals surface area contributed by atoms with Crippen molar-refractivity contribution in [3.8, 4) is 45.0 Å². The van der Waals surface area contributed by atoms with Crippen LogP contribution in [-0.4, -0.2) is 19.4 Å². The topological polar surface area (TPSA) is 43.1 Å². The maximum absolute atomic E-state index is 5.12. The highest BCUT2D eigenvalue weighted by Gasteiger charge is 2.18. The molecule has 4 heterocycles. The van der Waals surface area contributed by atoms with Gasteiger partial charge >= 0.3 is 0 Å². The van der Waals surface area contributed by atoms with E-state index in [1.165, 1.54) is 32.5 Å². The highest BCUT2D eigenvalue weighted by Crippen LogP contribution is 2.39. The third-order valence-electron chi connectivity index (χ3n) is 9.59. The molecule has 4 nitrogen and oxygen atoms in total. The molecular formula is C45H28N4. The zero-order valence-corrected chi connectivity index (χ0v) is 26.5. The third kappa shape index (κ3) is 4.49. The van der Waals surface area contributed by atoms with Crippen molar-refractivity contribution in [3.05, 3.63) is 170 Å². The first-order chi connectivity index (χ1) is 24.3. The lowest BCUT2D eigenvalue weighted by molar-refractivity contribution is 1.17. The van der Waals surface area contributed by atoms with E-state index in [1.807, 2.05) is 30.3 Å². The Hall–Kier alpha value is -6.65. The minimum absolute atomic E-state index is 0.895. The van der Waals surface area contributed by atoms with Gasteiger partial charge in [0.25, 0.3) is 0 Å². The van der Waals surface area contributed by atoms with Gasteiger partial charge in [-0.15, -0.1) is 0 Å². The fourth-order valence-electron chi connectivity index (χ4n) is 7.24. The Morgan fingerprint density at radius 2 is 1.08 bits per heavy atom. The highest BCUT2D eigenvalue weighted by atomic mass is 15.0. The van der Waals surface area contributed by atoms with E-state index in [0.717, 1.165) is 61.5 Å². The van der Waals surface area contributed by atoms with E-state index in [0.29, 0.717) is 0 Å².